The number of hydrogen-bond donors (Lipinski definition) is 1. The lowest BCUT2D eigenvalue weighted by Crippen LogP contribution is -2.57. The number of nitrogens with one attached hydrogen (secondary N) is 1. The minimum atomic E-state index is -1.06. The molecule has 0 radical (unpaired) electrons. The van der Waals surface area contributed by atoms with E-state index in [9.17, 15) is 23.2 Å². The third-order valence-corrected chi connectivity index (χ3v) is 5.48. The number of hydrogen-bond acceptors (Lipinski definition) is 6. The number of anilines is 1. The number of piperidine rings is 1. The van der Waals surface area contributed by atoms with E-state index < -0.39 is 41.1 Å². The van der Waals surface area contributed by atoms with Crippen molar-refractivity contribution in [3.8, 4) is 0 Å². The third-order valence-electron chi connectivity index (χ3n) is 5.48. The molecular weight excluding hydrogens is 424 g/mol. The number of piperazine rings is 1. The fourth-order valence-corrected chi connectivity index (χ4v) is 4.06. The number of methoxy groups -OCH3 is 1. The zero-order valence-corrected chi connectivity index (χ0v) is 18.7. The number of rotatable bonds is 4. The first-order valence-corrected chi connectivity index (χ1v) is 10.6. The van der Waals surface area contributed by atoms with E-state index in [1.165, 1.54) is 19.2 Å². The van der Waals surface area contributed by atoms with Gasteiger partial charge in [0, 0.05) is 44.4 Å². The standard InChI is InChI=1S/C22H29F2N3O5/c1-22(2,3)32-21(30)26-7-8-27(14(11-26)12-31-4)13-9-16(23)19(17(24)10-13)15-5-6-18(28)25-20(15)29/h9-10,14-15H,5-8,11-12H2,1-4H3,(H,25,28,29)/t14-,15+/m1/s1. The molecule has 0 spiro atoms. The van der Waals surface area contributed by atoms with Gasteiger partial charge >= 0.3 is 6.09 Å². The molecule has 0 saturated carbocycles. The Morgan fingerprint density at radius 1 is 1.19 bits per heavy atom. The minimum absolute atomic E-state index is 0.0274. The van der Waals surface area contributed by atoms with Crippen LogP contribution in [-0.2, 0) is 19.1 Å². The van der Waals surface area contributed by atoms with Gasteiger partial charge in [-0.15, -0.1) is 0 Å². The molecule has 8 nitrogen and oxygen atoms in total. The number of carbonyl (C=O) groups excluding carboxylic acids is 3. The highest BCUT2D eigenvalue weighted by molar-refractivity contribution is 6.01. The molecule has 2 fully saturated rings. The third kappa shape index (κ3) is 5.35. The second kappa shape index (κ2) is 9.40. The Hall–Kier alpha value is -2.75. The summed E-state index contributed by atoms with van der Waals surface area (Å²) in [6.45, 7) is 6.48. The van der Waals surface area contributed by atoms with Crippen LogP contribution in [-0.4, -0.2) is 67.8 Å². The van der Waals surface area contributed by atoms with Crippen LogP contribution in [0.15, 0.2) is 12.1 Å². The molecule has 3 amide bonds. The predicted molar refractivity (Wildman–Crippen MR) is 112 cm³/mol. The molecule has 32 heavy (non-hydrogen) atoms. The molecule has 1 aromatic carbocycles. The molecule has 0 bridgehead atoms. The zero-order chi connectivity index (χ0) is 23.6. The van der Waals surface area contributed by atoms with Crippen molar-refractivity contribution < 1.29 is 32.6 Å². The molecule has 2 aliphatic rings. The summed E-state index contributed by atoms with van der Waals surface area (Å²) >= 11 is 0. The van der Waals surface area contributed by atoms with E-state index in [0.29, 0.717) is 18.8 Å². The van der Waals surface area contributed by atoms with Crippen molar-refractivity contribution in [2.45, 2.75) is 51.2 Å². The number of imide groups is 1. The van der Waals surface area contributed by atoms with Crippen molar-refractivity contribution in [2.75, 3.05) is 38.3 Å². The summed E-state index contributed by atoms with van der Waals surface area (Å²) in [4.78, 5) is 39.2. The fourth-order valence-electron chi connectivity index (χ4n) is 4.06. The van der Waals surface area contributed by atoms with Gasteiger partial charge in [-0.3, -0.25) is 14.9 Å². The Labute approximate surface area is 185 Å². The fraction of sp³-hybridized carbons (Fsp3) is 0.591. The quantitative estimate of drug-likeness (QED) is 0.705. The van der Waals surface area contributed by atoms with E-state index >= 15 is 0 Å². The Morgan fingerprint density at radius 2 is 1.84 bits per heavy atom. The van der Waals surface area contributed by atoms with Gasteiger partial charge in [0.1, 0.15) is 17.2 Å². The SMILES string of the molecule is COC[C@H]1CN(C(=O)OC(C)(C)C)CCN1c1cc(F)c([C@@H]2CCC(=O)NC2=O)c(F)c1. The maximum absolute atomic E-state index is 15.0. The second-order valence-corrected chi connectivity index (χ2v) is 9.06. The van der Waals surface area contributed by atoms with Gasteiger partial charge in [0.25, 0.3) is 0 Å². The van der Waals surface area contributed by atoms with Crippen LogP contribution < -0.4 is 10.2 Å². The van der Waals surface area contributed by atoms with Gasteiger partial charge in [-0.1, -0.05) is 0 Å². The zero-order valence-electron chi connectivity index (χ0n) is 18.7. The van der Waals surface area contributed by atoms with Crippen LogP contribution in [0.3, 0.4) is 0 Å². The topological polar surface area (TPSA) is 88.2 Å². The summed E-state index contributed by atoms with van der Waals surface area (Å²) in [5.74, 6) is -3.90. The van der Waals surface area contributed by atoms with Crippen LogP contribution in [0.4, 0.5) is 19.3 Å². The van der Waals surface area contributed by atoms with Crippen molar-refractivity contribution in [1.29, 1.82) is 0 Å². The van der Waals surface area contributed by atoms with Crippen LogP contribution >= 0.6 is 0 Å². The molecule has 0 unspecified atom stereocenters. The van der Waals surface area contributed by atoms with Gasteiger partial charge in [-0.2, -0.15) is 0 Å². The van der Waals surface area contributed by atoms with Crippen molar-refractivity contribution >= 4 is 23.6 Å². The average Bonchev–Trinajstić information content (AvgIpc) is 2.68. The van der Waals surface area contributed by atoms with E-state index in [1.807, 2.05) is 0 Å². The van der Waals surface area contributed by atoms with Gasteiger partial charge in [0.15, 0.2) is 0 Å². The Morgan fingerprint density at radius 3 is 2.41 bits per heavy atom. The number of nitrogens with zero attached hydrogens (tertiary/aromatic N) is 2. The summed E-state index contributed by atoms with van der Waals surface area (Å²) in [5, 5.41) is 2.13. The molecule has 2 aliphatic heterocycles. The lowest BCUT2D eigenvalue weighted by atomic mass is 9.89. The monoisotopic (exact) mass is 453 g/mol. The van der Waals surface area contributed by atoms with E-state index in [1.54, 1.807) is 30.6 Å². The molecule has 10 heteroatoms. The molecule has 1 N–H and O–H groups in total. The first kappa shape index (κ1) is 23.9. The van der Waals surface area contributed by atoms with Crippen molar-refractivity contribution in [1.82, 2.24) is 10.2 Å². The van der Waals surface area contributed by atoms with E-state index in [-0.39, 0.29) is 37.6 Å². The van der Waals surface area contributed by atoms with Crippen LogP contribution in [0.1, 0.15) is 45.1 Å². The van der Waals surface area contributed by atoms with E-state index in [0.717, 1.165) is 0 Å². The lowest BCUT2D eigenvalue weighted by molar-refractivity contribution is -0.134. The summed E-state index contributed by atoms with van der Waals surface area (Å²) in [5.41, 5.74) is -0.681. The van der Waals surface area contributed by atoms with Crippen LogP contribution in [0.5, 0.6) is 0 Å². The second-order valence-electron chi connectivity index (χ2n) is 9.06. The first-order chi connectivity index (χ1) is 15.0. The maximum atomic E-state index is 15.0. The van der Waals surface area contributed by atoms with Crippen molar-refractivity contribution in [3.63, 3.8) is 0 Å². The minimum Gasteiger partial charge on any atom is -0.444 e. The number of halogens is 2. The molecule has 2 saturated heterocycles. The summed E-state index contributed by atoms with van der Waals surface area (Å²) in [6.07, 6.45) is -0.373. The highest BCUT2D eigenvalue weighted by atomic mass is 19.1. The van der Waals surface area contributed by atoms with Crippen LogP contribution in [0.25, 0.3) is 0 Å². The van der Waals surface area contributed by atoms with Gasteiger partial charge in [0.2, 0.25) is 11.8 Å². The van der Waals surface area contributed by atoms with Crippen molar-refractivity contribution in [3.05, 3.63) is 29.3 Å². The lowest BCUT2D eigenvalue weighted by Gasteiger charge is -2.42. The number of ether oxygens (including phenoxy) is 2. The molecule has 2 atom stereocenters. The van der Waals surface area contributed by atoms with Crippen LogP contribution in [0, 0.1) is 11.6 Å². The molecule has 0 aromatic heterocycles. The summed E-state index contributed by atoms with van der Waals surface area (Å²) in [6, 6.07) is 2.03. The highest BCUT2D eigenvalue weighted by Gasteiger charge is 2.35. The molecule has 1 aromatic rings. The molecule has 0 aliphatic carbocycles. The largest absolute Gasteiger partial charge is 0.444 e. The van der Waals surface area contributed by atoms with Crippen LogP contribution in [0.2, 0.25) is 0 Å². The Kier molecular flexibility index (Phi) is 7.02. The maximum Gasteiger partial charge on any atom is 0.410 e. The average molecular weight is 453 g/mol. The molecule has 2 heterocycles. The Bertz CT molecular complexity index is 879. The Balaban J connectivity index is 1.81. The van der Waals surface area contributed by atoms with E-state index in [2.05, 4.69) is 5.32 Å². The van der Waals surface area contributed by atoms with Gasteiger partial charge in [0.05, 0.1) is 18.6 Å². The smallest absolute Gasteiger partial charge is 0.410 e. The summed E-state index contributed by atoms with van der Waals surface area (Å²) in [7, 11) is 1.51. The first-order valence-electron chi connectivity index (χ1n) is 10.6. The van der Waals surface area contributed by atoms with Gasteiger partial charge in [-0.25, -0.2) is 13.6 Å². The van der Waals surface area contributed by atoms with Gasteiger partial charge < -0.3 is 19.3 Å². The summed E-state index contributed by atoms with van der Waals surface area (Å²) < 4.78 is 40.7. The molecule has 176 valence electrons. The number of amides is 3. The molecular formula is C22H29F2N3O5. The normalized spacial score (nSPS) is 22.1. The number of carbonyl (C=O) groups is 3. The van der Waals surface area contributed by atoms with Gasteiger partial charge in [-0.05, 0) is 39.3 Å². The molecule has 3 rings (SSSR count). The van der Waals surface area contributed by atoms with E-state index in [4.69, 9.17) is 9.47 Å². The predicted octanol–water partition coefficient (Wildman–Crippen LogP) is 2.56. The number of benzene rings is 1. The highest BCUT2D eigenvalue weighted by Crippen LogP contribution is 2.33. The van der Waals surface area contributed by atoms with Crippen molar-refractivity contribution in [2.24, 2.45) is 0 Å².